The minimum atomic E-state index is -0.574. The van der Waals surface area contributed by atoms with Gasteiger partial charge in [0.2, 0.25) is 0 Å². The zero-order chi connectivity index (χ0) is 14.8. The van der Waals surface area contributed by atoms with Crippen molar-refractivity contribution in [3.05, 3.63) is 59.9 Å². The van der Waals surface area contributed by atoms with Gasteiger partial charge in [0.15, 0.2) is 0 Å². The highest BCUT2D eigenvalue weighted by Crippen LogP contribution is 2.26. The maximum absolute atomic E-state index is 11.5. The van der Waals surface area contributed by atoms with Gasteiger partial charge >= 0.3 is 0 Å². The lowest BCUT2D eigenvalue weighted by atomic mass is 10.0. The lowest BCUT2D eigenvalue weighted by Crippen LogP contribution is -2.13. The van der Waals surface area contributed by atoms with Crippen molar-refractivity contribution in [3.63, 3.8) is 0 Å². The predicted octanol–water partition coefficient (Wildman–Crippen LogP) is 2.38. The number of rotatable bonds is 2. The van der Waals surface area contributed by atoms with Crippen LogP contribution in [-0.4, -0.2) is 15.9 Å². The number of hydrogen-bond acceptors (Lipinski definition) is 3. The van der Waals surface area contributed by atoms with Gasteiger partial charge < -0.3 is 5.73 Å². The molecule has 2 N–H and O–H groups in total. The third kappa shape index (κ3) is 2.33. The summed E-state index contributed by atoms with van der Waals surface area (Å²) < 4.78 is 0. The Labute approximate surface area is 121 Å². The average molecular weight is 273 g/mol. The van der Waals surface area contributed by atoms with Crippen LogP contribution >= 0.6 is 0 Å². The molecule has 21 heavy (non-hydrogen) atoms. The first kappa shape index (κ1) is 12.8. The van der Waals surface area contributed by atoms with Crippen molar-refractivity contribution >= 4 is 16.8 Å². The minimum Gasteiger partial charge on any atom is -0.364 e. The molecule has 0 fully saturated rings. The first-order valence-electron chi connectivity index (χ1n) is 6.31. The number of amides is 1. The van der Waals surface area contributed by atoms with E-state index in [-0.39, 0.29) is 5.69 Å². The first-order valence-corrected chi connectivity index (χ1v) is 6.31. The van der Waals surface area contributed by atoms with E-state index < -0.39 is 5.91 Å². The first-order chi connectivity index (χ1) is 10.2. The third-order valence-corrected chi connectivity index (χ3v) is 3.14. The Balaban J connectivity index is 2.34. The van der Waals surface area contributed by atoms with E-state index in [0.29, 0.717) is 11.2 Å². The number of hydrogen-bond donors (Lipinski definition) is 1. The summed E-state index contributed by atoms with van der Waals surface area (Å²) in [5.74, 6) is 2.01. The highest BCUT2D eigenvalue weighted by Gasteiger charge is 2.12. The van der Waals surface area contributed by atoms with Crippen molar-refractivity contribution in [1.82, 2.24) is 9.97 Å². The van der Waals surface area contributed by atoms with Crippen molar-refractivity contribution in [1.29, 1.82) is 0 Å². The van der Waals surface area contributed by atoms with Crippen molar-refractivity contribution in [2.45, 2.75) is 0 Å². The lowest BCUT2D eigenvalue weighted by molar-refractivity contribution is 0.0996. The van der Waals surface area contributed by atoms with Gasteiger partial charge in [-0.05, 0) is 24.3 Å². The number of pyridine rings is 2. The summed E-state index contributed by atoms with van der Waals surface area (Å²) in [6.45, 7) is 0. The summed E-state index contributed by atoms with van der Waals surface area (Å²) in [5, 5.41) is 0.808. The van der Waals surface area contributed by atoms with E-state index in [1.807, 2.05) is 30.3 Å². The summed E-state index contributed by atoms with van der Waals surface area (Å²) >= 11 is 0. The van der Waals surface area contributed by atoms with Crippen LogP contribution in [0.15, 0.2) is 48.7 Å². The molecule has 4 heteroatoms. The molecular weight excluding hydrogens is 262 g/mol. The molecule has 0 saturated carbocycles. The fourth-order valence-corrected chi connectivity index (χ4v) is 2.17. The summed E-state index contributed by atoms with van der Waals surface area (Å²) in [5.41, 5.74) is 8.40. The molecule has 2 heterocycles. The number of aromatic nitrogens is 2. The van der Waals surface area contributed by atoms with Crippen LogP contribution in [0.25, 0.3) is 22.2 Å². The minimum absolute atomic E-state index is 0.205. The Bertz CT molecular complexity index is 894. The summed E-state index contributed by atoms with van der Waals surface area (Å²) in [6.07, 6.45) is 7.11. The number of carbonyl (C=O) groups excluding carboxylic acids is 1. The van der Waals surface area contributed by atoms with Crippen molar-refractivity contribution < 1.29 is 4.79 Å². The van der Waals surface area contributed by atoms with E-state index in [1.165, 1.54) is 0 Å². The van der Waals surface area contributed by atoms with Crippen molar-refractivity contribution in [2.75, 3.05) is 0 Å². The molecule has 3 aromatic rings. The monoisotopic (exact) mass is 273 g/mol. The fraction of sp³-hybridized carbons (Fsp3) is 0. The molecule has 0 spiro atoms. The summed E-state index contributed by atoms with van der Waals surface area (Å²) in [6, 6.07) is 12.7. The predicted molar refractivity (Wildman–Crippen MR) is 81.4 cm³/mol. The normalized spacial score (nSPS) is 10.2. The Kier molecular flexibility index (Phi) is 3.09. The van der Waals surface area contributed by atoms with Gasteiger partial charge in [0.25, 0.3) is 5.91 Å². The molecule has 0 bridgehead atoms. The van der Waals surface area contributed by atoms with Crippen molar-refractivity contribution in [3.8, 4) is 23.6 Å². The van der Waals surface area contributed by atoms with Crippen LogP contribution in [0.1, 0.15) is 16.1 Å². The standard InChI is InChI=1S/C17H11N3O/c1-2-11-5-3-6-12(9-11)16-15-13(7-4-8-19-15)10-14(20-16)17(18)21/h1,3-10H,(H2,18,21). The molecule has 0 aliphatic heterocycles. The molecule has 100 valence electrons. The van der Waals surface area contributed by atoms with E-state index in [9.17, 15) is 4.79 Å². The van der Waals surface area contributed by atoms with Crippen molar-refractivity contribution in [2.24, 2.45) is 5.73 Å². The number of nitrogens with zero attached hydrogens (tertiary/aromatic N) is 2. The molecule has 0 atom stereocenters. The molecule has 0 saturated heterocycles. The number of carbonyl (C=O) groups is 1. The highest BCUT2D eigenvalue weighted by molar-refractivity contribution is 5.99. The van der Waals surface area contributed by atoms with Gasteiger partial charge in [-0.2, -0.15) is 0 Å². The van der Waals surface area contributed by atoms with E-state index in [4.69, 9.17) is 12.2 Å². The van der Waals surface area contributed by atoms with Crippen LogP contribution in [0, 0.1) is 12.3 Å². The van der Waals surface area contributed by atoms with Gasteiger partial charge in [0.1, 0.15) is 5.69 Å². The van der Waals surface area contributed by atoms with Crippen LogP contribution in [0.5, 0.6) is 0 Å². The van der Waals surface area contributed by atoms with Crippen LogP contribution < -0.4 is 5.73 Å². The van der Waals surface area contributed by atoms with Crippen LogP contribution in [0.2, 0.25) is 0 Å². The van der Waals surface area contributed by atoms with Gasteiger partial charge in [-0.15, -0.1) is 6.42 Å². The van der Waals surface area contributed by atoms with Gasteiger partial charge in [-0.25, -0.2) is 4.98 Å². The topological polar surface area (TPSA) is 68.9 Å². The summed E-state index contributed by atoms with van der Waals surface area (Å²) in [7, 11) is 0. The molecule has 2 aromatic heterocycles. The van der Waals surface area contributed by atoms with Gasteiger partial charge in [-0.3, -0.25) is 9.78 Å². The summed E-state index contributed by atoms with van der Waals surface area (Å²) in [4.78, 5) is 20.1. The molecule has 0 aliphatic rings. The maximum atomic E-state index is 11.5. The molecular formula is C17H11N3O. The third-order valence-electron chi connectivity index (χ3n) is 3.14. The molecule has 3 rings (SSSR count). The fourth-order valence-electron chi connectivity index (χ4n) is 2.17. The Morgan fingerprint density at radius 3 is 2.81 bits per heavy atom. The van der Waals surface area contributed by atoms with E-state index in [1.54, 1.807) is 18.3 Å². The second kappa shape index (κ2) is 5.06. The van der Waals surface area contributed by atoms with E-state index in [0.717, 1.165) is 16.5 Å². The van der Waals surface area contributed by atoms with E-state index >= 15 is 0 Å². The zero-order valence-electron chi connectivity index (χ0n) is 11.1. The number of nitrogens with two attached hydrogens (primary N) is 1. The van der Waals surface area contributed by atoms with E-state index in [2.05, 4.69) is 15.9 Å². The van der Waals surface area contributed by atoms with Crippen LogP contribution in [0.3, 0.4) is 0 Å². The SMILES string of the molecule is C#Cc1cccc(-c2nc(C(N)=O)cc3cccnc23)c1. The maximum Gasteiger partial charge on any atom is 0.267 e. The number of benzene rings is 1. The molecule has 1 aromatic carbocycles. The van der Waals surface area contributed by atoms with Gasteiger partial charge in [0.05, 0.1) is 11.2 Å². The molecule has 0 aliphatic carbocycles. The van der Waals surface area contributed by atoms with Gasteiger partial charge in [0, 0.05) is 22.7 Å². The molecule has 0 radical (unpaired) electrons. The van der Waals surface area contributed by atoms with Crippen LogP contribution in [-0.2, 0) is 0 Å². The average Bonchev–Trinajstić information content (AvgIpc) is 2.53. The Morgan fingerprint density at radius 2 is 2.05 bits per heavy atom. The zero-order valence-corrected chi connectivity index (χ0v) is 11.1. The second-order valence-corrected chi connectivity index (χ2v) is 4.52. The lowest BCUT2D eigenvalue weighted by Gasteiger charge is -2.07. The molecule has 1 amide bonds. The smallest absolute Gasteiger partial charge is 0.267 e. The molecule has 0 unspecified atom stereocenters. The quantitative estimate of drug-likeness (QED) is 0.729. The largest absolute Gasteiger partial charge is 0.364 e. The number of terminal acetylenes is 1. The van der Waals surface area contributed by atoms with Crippen LogP contribution in [0.4, 0.5) is 0 Å². The Hall–Kier alpha value is -3.19. The Morgan fingerprint density at radius 1 is 1.19 bits per heavy atom. The number of primary amides is 1. The highest BCUT2D eigenvalue weighted by atomic mass is 16.1. The van der Waals surface area contributed by atoms with Gasteiger partial charge in [-0.1, -0.05) is 24.1 Å². The second-order valence-electron chi connectivity index (χ2n) is 4.52. The number of fused-ring (bicyclic) bond motifs is 1. The molecule has 4 nitrogen and oxygen atoms in total.